The molecular weight excluding hydrogens is 304 g/mol. The maximum atomic E-state index is 12.0. The van der Waals surface area contributed by atoms with Gasteiger partial charge in [-0.3, -0.25) is 4.79 Å². The largest absolute Gasteiger partial charge is 0.462 e. The van der Waals surface area contributed by atoms with Crippen molar-refractivity contribution >= 4 is 12.0 Å². The van der Waals surface area contributed by atoms with Gasteiger partial charge in [0.1, 0.15) is 6.10 Å². The monoisotopic (exact) mass is 332 g/mol. The topological polar surface area (TPSA) is 67.4 Å². The molecule has 1 aliphatic rings. The van der Waals surface area contributed by atoms with Gasteiger partial charge in [-0.2, -0.15) is 0 Å². The molecule has 5 nitrogen and oxygen atoms in total. The van der Waals surface area contributed by atoms with Crippen molar-refractivity contribution in [2.75, 3.05) is 0 Å². The van der Waals surface area contributed by atoms with E-state index in [4.69, 9.17) is 4.74 Å². The Morgan fingerprint density at radius 1 is 1.17 bits per heavy atom. The zero-order valence-corrected chi connectivity index (χ0v) is 14.6. The van der Waals surface area contributed by atoms with E-state index in [9.17, 15) is 9.59 Å². The highest BCUT2D eigenvalue weighted by molar-refractivity contribution is 5.74. The molecule has 0 radical (unpaired) electrons. The first-order valence-corrected chi connectivity index (χ1v) is 8.87. The Bertz CT molecular complexity index is 525. The summed E-state index contributed by atoms with van der Waals surface area (Å²) in [6.45, 7) is 4.40. The van der Waals surface area contributed by atoms with Gasteiger partial charge in [-0.05, 0) is 37.7 Å². The van der Waals surface area contributed by atoms with Gasteiger partial charge in [0.25, 0.3) is 0 Å². The first-order valence-electron chi connectivity index (χ1n) is 8.87. The van der Waals surface area contributed by atoms with Crippen molar-refractivity contribution in [3.05, 3.63) is 35.9 Å². The summed E-state index contributed by atoms with van der Waals surface area (Å²) in [5, 5.41) is 5.88. The number of benzene rings is 1. The van der Waals surface area contributed by atoms with E-state index in [1.54, 1.807) is 0 Å². The zero-order chi connectivity index (χ0) is 17.4. The highest BCUT2D eigenvalue weighted by Gasteiger charge is 2.26. The van der Waals surface area contributed by atoms with Crippen LogP contribution < -0.4 is 10.6 Å². The maximum Gasteiger partial charge on any atom is 0.315 e. The normalized spacial score (nSPS) is 21.6. The lowest BCUT2D eigenvalue weighted by atomic mass is 9.93. The van der Waals surface area contributed by atoms with E-state index in [1.807, 2.05) is 44.2 Å². The molecule has 132 valence electrons. The number of hydrogen-bond acceptors (Lipinski definition) is 3. The van der Waals surface area contributed by atoms with Gasteiger partial charge in [0, 0.05) is 12.6 Å². The minimum atomic E-state index is -0.140. The fourth-order valence-corrected chi connectivity index (χ4v) is 2.79. The number of urea groups is 1. The quantitative estimate of drug-likeness (QED) is 0.785. The van der Waals surface area contributed by atoms with Crippen LogP contribution in [0.4, 0.5) is 4.79 Å². The lowest BCUT2D eigenvalue weighted by Crippen LogP contribution is -2.44. The van der Waals surface area contributed by atoms with Crippen LogP contribution in [0.25, 0.3) is 0 Å². The van der Waals surface area contributed by atoms with Crippen molar-refractivity contribution in [2.24, 2.45) is 5.92 Å². The summed E-state index contributed by atoms with van der Waals surface area (Å²) in [6.07, 6.45) is 4.11. The van der Waals surface area contributed by atoms with Gasteiger partial charge < -0.3 is 15.4 Å². The van der Waals surface area contributed by atoms with Gasteiger partial charge in [-0.15, -0.1) is 0 Å². The number of nitrogens with one attached hydrogen (secondary N) is 2. The Balaban J connectivity index is 1.65. The minimum absolute atomic E-state index is 0.00284. The van der Waals surface area contributed by atoms with Crippen LogP contribution in [-0.2, 0) is 16.1 Å². The molecule has 2 amide bonds. The summed E-state index contributed by atoms with van der Waals surface area (Å²) < 4.78 is 5.54. The number of carbonyl (C=O) groups is 2. The lowest BCUT2D eigenvalue weighted by molar-refractivity contribution is -0.155. The summed E-state index contributed by atoms with van der Waals surface area (Å²) in [5.74, 6) is -0.140. The number of rotatable bonds is 6. The van der Waals surface area contributed by atoms with Crippen molar-refractivity contribution in [2.45, 2.75) is 64.6 Å². The molecule has 1 aliphatic carbocycles. The molecule has 1 aromatic rings. The molecule has 0 aromatic heterocycles. The van der Waals surface area contributed by atoms with Crippen molar-refractivity contribution < 1.29 is 14.3 Å². The predicted molar refractivity (Wildman–Crippen MR) is 93.4 cm³/mol. The first-order chi connectivity index (χ1) is 11.6. The second-order valence-corrected chi connectivity index (χ2v) is 6.53. The Hall–Kier alpha value is -2.04. The molecule has 1 atom stereocenters. The Morgan fingerprint density at radius 2 is 1.83 bits per heavy atom. The van der Waals surface area contributed by atoms with Gasteiger partial charge in [-0.25, -0.2) is 4.79 Å². The maximum absolute atomic E-state index is 12.0. The van der Waals surface area contributed by atoms with Crippen LogP contribution in [0, 0.1) is 5.92 Å². The second kappa shape index (κ2) is 9.30. The summed E-state index contributed by atoms with van der Waals surface area (Å²) in [6, 6.07) is 9.84. The Kier molecular flexibility index (Phi) is 7.09. The third kappa shape index (κ3) is 5.87. The highest BCUT2D eigenvalue weighted by atomic mass is 16.5. The van der Waals surface area contributed by atoms with Crippen LogP contribution in [0.5, 0.6) is 0 Å². The van der Waals surface area contributed by atoms with Crippen molar-refractivity contribution in [3.63, 3.8) is 0 Å². The Labute approximate surface area is 144 Å². The second-order valence-electron chi connectivity index (χ2n) is 6.53. The summed E-state index contributed by atoms with van der Waals surface area (Å²) in [7, 11) is 0. The first kappa shape index (κ1) is 18.3. The molecule has 2 rings (SSSR count). The lowest BCUT2D eigenvalue weighted by Gasteiger charge is -2.29. The predicted octanol–water partition coefficient (Wildman–Crippen LogP) is 3.39. The smallest absolute Gasteiger partial charge is 0.315 e. The molecule has 5 heteroatoms. The number of amides is 2. The summed E-state index contributed by atoms with van der Waals surface area (Å²) in [4.78, 5) is 23.8. The molecule has 2 N–H and O–H groups in total. The third-order valence-corrected chi connectivity index (χ3v) is 4.60. The van der Waals surface area contributed by atoms with Crippen molar-refractivity contribution in [1.82, 2.24) is 10.6 Å². The number of ether oxygens (including phenoxy) is 1. The number of hydrogen-bond donors (Lipinski definition) is 2. The van der Waals surface area contributed by atoms with E-state index in [0.717, 1.165) is 37.7 Å². The van der Waals surface area contributed by atoms with Crippen LogP contribution in [0.15, 0.2) is 30.3 Å². The molecule has 1 saturated carbocycles. The summed E-state index contributed by atoms with van der Waals surface area (Å²) >= 11 is 0. The molecule has 24 heavy (non-hydrogen) atoms. The molecule has 0 spiro atoms. The standard InChI is InChI=1S/C19H28N2O3/c1-3-14(2)18(22)24-17-11-9-16(10-12-17)21-19(23)20-13-15-7-5-4-6-8-15/h4-8,14,16-17H,3,9-13H2,1-2H3,(H2,20,21,23). The van der Waals surface area contributed by atoms with Crippen LogP contribution >= 0.6 is 0 Å². The SMILES string of the molecule is CCC(C)C(=O)OC1CCC(NC(=O)NCc2ccccc2)CC1. The fourth-order valence-electron chi connectivity index (χ4n) is 2.79. The van der Waals surface area contributed by atoms with E-state index in [0.29, 0.717) is 6.54 Å². The number of carbonyl (C=O) groups excluding carboxylic acids is 2. The van der Waals surface area contributed by atoms with Gasteiger partial charge >= 0.3 is 12.0 Å². The average Bonchev–Trinajstić information content (AvgIpc) is 2.61. The highest BCUT2D eigenvalue weighted by Crippen LogP contribution is 2.22. The molecule has 1 fully saturated rings. The third-order valence-electron chi connectivity index (χ3n) is 4.60. The van der Waals surface area contributed by atoms with E-state index >= 15 is 0 Å². The van der Waals surface area contributed by atoms with Crippen LogP contribution in [0.2, 0.25) is 0 Å². The average molecular weight is 332 g/mol. The molecule has 1 unspecified atom stereocenters. The van der Waals surface area contributed by atoms with Crippen LogP contribution in [0.1, 0.15) is 51.5 Å². The van der Waals surface area contributed by atoms with Gasteiger partial charge in [0.15, 0.2) is 0 Å². The molecule has 0 heterocycles. The molecular formula is C19H28N2O3. The zero-order valence-electron chi connectivity index (χ0n) is 14.6. The molecule has 0 bridgehead atoms. The number of esters is 1. The van der Waals surface area contributed by atoms with Gasteiger partial charge in [0.2, 0.25) is 0 Å². The Morgan fingerprint density at radius 3 is 2.46 bits per heavy atom. The minimum Gasteiger partial charge on any atom is -0.462 e. The van der Waals surface area contributed by atoms with Crippen LogP contribution in [-0.4, -0.2) is 24.1 Å². The van der Waals surface area contributed by atoms with Gasteiger partial charge in [-0.1, -0.05) is 44.2 Å². The van der Waals surface area contributed by atoms with E-state index < -0.39 is 0 Å². The fraction of sp³-hybridized carbons (Fsp3) is 0.579. The van der Waals surface area contributed by atoms with E-state index in [1.165, 1.54) is 0 Å². The molecule has 0 saturated heterocycles. The summed E-state index contributed by atoms with van der Waals surface area (Å²) in [5.41, 5.74) is 1.08. The van der Waals surface area contributed by atoms with Crippen molar-refractivity contribution in [3.8, 4) is 0 Å². The van der Waals surface area contributed by atoms with E-state index in [-0.39, 0.29) is 30.1 Å². The molecule has 0 aliphatic heterocycles. The van der Waals surface area contributed by atoms with Gasteiger partial charge in [0.05, 0.1) is 5.92 Å². The van der Waals surface area contributed by atoms with Crippen molar-refractivity contribution in [1.29, 1.82) is 0 Å². The van der Waals surface area contributed by atoms with E-state index in [2.05, 4.69) is 10.6 Å². The molecule has 1 aromatic carbocycles. The van der Waals surface area contributed by atoms with Crippen LogP contribution in [0.3, 0.4) is 0 Å².